The topological polar surface area (TPSA) is 79.5 Å². The number of hydrogen-bond acceptors (Lipinski definition) is 3. The molecule has 3 unspecified atom stereocenters. The predicted octanol–water partition coefficient (Wildman–Crippen LogP) is 2.27. The molecule has 1 heterocycles. The Kier molecular flexibility index (Phi) is 3.51. The largest absolute Gasteiger partial charge is 0.481 e. The van der Waals surface area contributed by atoms with Gasteiger partial charge in [0.05, 0.1) is 24.1 Å². The van der Waals surface area contributed by atoms with Crippen LogP contribution in [0.4, 0.5) is 0 Å². The standard InChI is InChI=1S/C15H19NO4/c17-14(9-3-1-4-10(9)15(18)19)16-12-5-2-6-13-11(12)7-8-20-13/h7-10,12H,1-6H2,(H,16,17)(H,18,19). The fourth-order valence-electron chi connectivity index (χ4n) is 3.48. The number of aliphatic carboxylic acids is 1. The van der Waals surface area contributed by atoms with E-state index in [0.717, 1.165) is 37.0 Å². The van der Waals surface area contributed by atoms with Crippen molar-refractivity contribution in [2.24, 2.45) is 11.8 Å². The summed E-state index contributed by atoms with van der Waals surface area (Å²) in [7, 11) is 0. The third-order valence-corrected chi connectivity index (χ3v) is 4.54. The third-order valence-electron chi connectivity index (χ3n) is 4.54. The van der Waals surface area contributed by atoms with Crippen molar-refractivity contribution in [3.8, 4) is 0 Å². The van der Waals surface area contributed by atoms with Crippen molar-refractivity contribution >= 4 is 11.9 Å². The minimum absolute atomic E-state index is 0.0277. The highest BCUT2D eigenvalue weighted by molar-refractivity contribution is 5.85. The number of aryl methyl sites for hydroxylation is 1. The summed E-state index contributed by atoms with van der Waals surface area (Å²) in [5.74, 6) is -0.931. The van der Waals surface area contributed by atoms with Crippen molar-refractivity contribution in [2.75, 3.05) is 0 Å². The molecule has 3 rings (SSSR count). The van der Waals surface area contributed by atoms with Gasteiger partial charge in [0, 0.05) is 12.0 Å². The number of rotatable bonds is 3. The molecule has 0 bridgehead atoms. The van der Waals surface area contributed by atoms with Crippen molar-refractivity contribution in [3.05, 3.63) is 23.7 Å². The lowest BCUT2D eigenvalue weighted by Gasteiger charge is -2.25. The lowest BCUT2D eigenvalue weighted by Crippen LogP contribution is -2.38. The molecule has 108 valence electrons. The summed E-state index contributed by atoms with van der Waals surface area (Å²) in [6.07, 6.45) is 6.54. The number of amides is 1. The number of fused-ring (bicyclic) bond motifs is 1. The molecule has 1 amide bonds. The van der Waals surface area contributed by atoms with Crippen LogP contribution in [-0.4, -0.2) is 17.0 Å². The van der Waals surface area contributed by atoms with Gasteiger partial charge in [-0.05, 0) is 31.7 Å². The van der Waals surface area contributed by atoms with E-state index in [1.54, 1.807) is 6.26 Å². The van der Waals surface area contributed by atoms with E-state index in [2.05, 4.69) is 5.32 Å². The van der Waals surface area contributed by atoms with Crippen LogP contribution in [0.2, 0.25) is 0 Å². The molecule has 0 spiro atoms. The fourth-order valence-corrected chi connectivity index (χ4v) is 3.48. The van der Waals surface area contributed by atoms with E-state index in [4.69, 9.17) is 9.52 Å². The van der Waals surface area contributed by atoms with Gasteiger partial charge in [-0.15, -0.1) is 0 Å². The second-order valence-corrected chi connectivity index (χ2v) is 5.73. The van der Waals surface area contributed by atoms with Gasteiger partial charge in [0.25, 0.3) is 0 Å². The number of carboxylic acids is 1. The zero-order valence-corrected chi connectivity index (χ0v) is 11.3. The van der Waals surface area contributed by atoms with E-state index in [1.165, 1.54) is 0 Å². The molecule has 20 heavy (non-hydrogen) atoms. The second-order valence-electron chi connectivity index (χ2n) is 5.73. The number of carbonyl (C=O) groups excluding carboxylic acids is 1. The van der Waals surface area contributed by atoms with E-state index in [0.29, 0.717) is 12.8 Å². The van der Waals surface area contributed by atoms with Gasteiger partial charge >= 0.3 is 5.97 Å². The Bertz CT molecular complexity index is 522. The molecule has 0 radical (unpaired) electrons. The number of furan rings is 1. The summed E-state index contributed by atoms with van der Waals surface area (Å²) in [6, 6.07) is 1.88. The van der Waals surface area contributed by atoms with Crippen LogP contribution >= 0.6 is 0 Å². The van der Waals surface area contributed by atoms with E-state index in [1.807, 2.05) is 6.07 Å². The van der Waals surface area contributed by atoms with Crippen molar-refractivity contribution in [2.45, 2.75) is 44.6 Å². The van der Waals surface area contributed by atoms with Gasteiger partial charge < -0.3 is 14.8 Å². The number of nitrogens with one attached hydrogen (secondary N) is 1. The van der Waals surface area contributed by atoms with Gasteiger partial charge in [-0.25, -0.2) is 0 Å². The maximum atomic E-state index is 12.4. The van der Waals surface area contributed by atoms with Crippen LogP contribution in [0, 0.1) is 11.8 Å². The van der Waals surface area contributed by atoms with Crippen LogP contribution in [-0.2, 0) is 16.0 Å². The first-order chi connectivity index (χ1) is 9.66. The summed E-state index contributed by atoms with van der Waals surface area (Å²) in [5.41, 5.74) is 1.05. The van der Waals surface area contributed by atoms with E-state index in [-0.39, 0.29) is 17.9 Å². The van der Waals surface area contributed by atoms with Crippen LogP contribution in [0.1, 0.15) is 49.5 Å². The smallest absolute Gasteiger partial charge is 0.307 e. The molecule has 2 N–H and O–H groups in total. The Morgan fingerprint density at radius 3 is 2.80 bits per heavy atom. The van der Waals surface area contributed by atoms with Gasteiger partial charge in [-0.1, -0.05) is 6.42 Å². The Labute approximate surface area is 117 Å². The number of carboxylic acid groups (broad SMARTS) is 1. The van der Waals surface area contributed by atoms with Gasteiger partial charge in [-0.3, -0.25) is 9.59 Å². The van der Waals surface area contributed by atoms with Crippen molar-refractivity contribution in [1.29, 1.82) is 0 Å². The Morgan fingerprint density at radius 2 is 2.00 bits per heavy atom. The predicted molar refractivity (Wildman–Crippen MR) is 71.0 cm³/mol. The zero-order valence-electron chi connectivity index (χ0n) is 11.3. The van der Waals surface area contributed by atoms with Crippen LogP contribution < -0.4 is 5.32 Å². The van der Waals surface area contributed by atoms with E-state index >= 15 is 0 Å². The average Bonchev–Trinajstić information content (AvgIpc) is 3.08. The summed E-state index contributed by atoms with van der Waals surface area (Å²) in [4.78, 5) is 23.5. The molecular weight excluding hydrogens is 258 g/mol. The molecule has 1 saturated carbocycles. The highest BCUT2D eigenvalue weighted by atomic mass is 16.4. The van der Waals surface area contributed by atoms with Crippen molar-refractivity contribution in [1.82, 2.24) is 5.32 Å². The number of carbonyl (C=O) groups is 2. The molecule has 1 aromatic rings. The highest BCUT2D eigenvalue weighted by Gasteiger charge is 2.38. The highest BCUT2D eigenvalue weighted by Crippen LogP contribution is 2.35. The van der Waals surface area contributed by atoms with Gasteiger partial charge in [0.1, 0.15) is 5.76 Å². The Hall–Kier alpha value is -1.78. The monoisotopic (exact) mass is 277 g/mol. The minimum atomic E-state index is -0.852. The molecule has 5 heteroatoms. The molecule has 2 aliphatic carbocycles. The first kappa shape index (κ1) is 13.2. The molecule has 0 saturated heterocycles. The summed E-state index contributed by atoms with van der Waals surface area (Å²) >= 11 is 0. The normalized spacial score (nSPS) is 28.9. The zero-order chi connectivity index (χ0) is 14.1. The average molecular weight is 277 g/mol. The van der Waals surface area contributed by atoms with E-state index in [9.17, 15) is 9.59 Å². The van der Waals surface area contributed by atoms with Crippen LogP contribution in [0.3, 0.4) is 0 Å². The first-order valence-corrected chi connectivity index (χ1v) is 7.26. The lowest BCUT2D eigenvalue weighted by molar-refractivity contribution is -0.146. The summed E-state index contributed by atoms with van der Waals surface area (Å²) in [6.45, 7) is 0. The minimum Gasteiger partial charge on any atom is -0.481 e. The SMILES string of the molecule is O=C(O)C1CCCC1C(=O)NC1CCCc2occc21. The molecular formula is C15H19NO4. The maximum Gasteiger partial charge on any atom is 0.307 e. The number of hydrogen-bond donors (Lipinski definition) is 2. The fraction of sp³-hybridized carbons (Fsp3) is 0.600. The third kappa shape index (κ3) is 2.32. The Balaban J connectivity index is 1.70. The molecule has 0 aromatic carbocycles. The van der Waals surface area contributed by atoms with Gasteiger partial charge in [0.2, 0.25) is 5.91 Å². The first-order valence-electron chi connectivity index (χ1n) is 7.26. The van der Waals surface area contributed by atoms with Crippen LogP contribution in [0.25, 0.3) is 0 Å². The van der Waals surface area contributed by atoms with Gasteiger partial charge in [0.15, 0.2) is 0 Å². The van der Waals surface area contributed by atoms with Crippen molar-refractivity contribution < 1.29 is 19.1 Å². The lowest BCUT2D eigenvalue weighted by atomic mass is 9.91. The van der Waals surface area contributed by atoms with Crippen molar-refractivity contribution in [3.63, 3.8) is 0 Å². The molecule has 3 atom stereocenters. The molecule has 1 aromatic heterocycles. The summed E-state index contributed by atoms with van der Waals surface area (Å²) < 4.78 is 5.41. The van der Waals surface area contributed by atoms with Crippen LogP contribution in [0.15, 0.2) is 16.7 Å². The second kappa shape index (κ2) is 5.31. The molecule has 5 nitrogen and oxygen atoms in total. The molecule has 1 fully saturated rings. The van der Waals surface area contributed by atoms with E-state index < -0.39 is 11.9 Å². The van der Waals surface area contributed by atoms with Gasteiger partial charge in [-0.2, -0.15) is 0 Å². The maximum absolute atomic E-state index is 12.4. The quantitative estimate of drug-likeness (QED) is 0.888. The molecule has 2 aliphatic rings. The summed E-state index contributed by atoms with van der Waals surface area (Å²) in [5, 5.41) is 12.2. The van der Waals surface area contributed by atoms with Crippen LogP contribution in [0.5, 0.6) is 0 Å². The Morgan fingerprint density at radius 1 is 1.20 bits per heavy atom. The molecule has 0 aliphatic heterocycles.